The molecule has 0 aliphatic rings. The summed E-state index contributed by atoms with van der Waals surface area (Å²) in [5.74, 6) is 0.664. The fraction of sp³-hybridized carbons (Fsp3) is 0.0435. The number of fused-ring (bicyclic) bond motifs is 1. The first-order valence-electron chi connectivity index (χ1n) is 8.56. The average Bonchev–Trinajstić information content (AvgIpc) is 3.16. The molecule has 0 unspecified atom stereocenters. The first-order chi connectivity index (χ1) is 13.3. The Morgan fingerprint density at radius 3 is 2.41 bits per heavy atom. The number of thiazole rings is 1. The Bertz CT molecular complexity index is 1100. The zero-order valence-electron chi connectivity index (χ0n) is 14.8. The first kappa shape index (κ1) is 17.2. The van der Waals surface area contributed by atoms with Crippen molar-refractivity contribution >= 4 is 39.0 Å². The number of rotatable bonds is 5. The Morgan fingerprint density at radius 1 is 0.926 bits per heavy atom. The molecule has 0 aliphatic carbocycles. The summed E-state index contributed by atoms with van der Waals surface area (Å²) in [6, 6.07) is 24.9. The van der Waals surface area contributed by atoms with E-state index >= 15 is 0 Å². The molecule has 0 atom stereocenters. The summed E-state index contributed by atoms with van der Waals surface area (Å²) >= 11 is 1.52. The molecule has 0 saturated carbocycles. The van der Waals surface area contributed by atoms with Gasteiger partial charge in [0.2, 0.25) is 0 Å². The number of para-hydroxylation sites is 2. The van der Waals surface area contributed by atoms with Crippen LogP contribution in [0, 0.1) is 0 Å². The molecule has 4 aromatic rings. The van der Waals surface area contributed by atoms with Crippen LogP contribution in [-0.4, -0.2) is 17.9 Å². The van der Waals surface area contributed by atoms with E-state index in [1.54, 1.807) is 7.11 Å². The molecule has 0 N–H and O–H groups in total. The Kier molecular flexibility index (Phi) is 4.81. The zero-order valence-corrected chi connectivity index (χ0v) is 15.6. The number of hydrogen-bond donors (Lipinski definition) is 0. The van der Waals surface area contributed by atoms with Crippen molar-refractivity contribution < 1.29 is 9.53 Å². The van der Waals surface area contributed by atoms with Crippen molar-refractivity contribution in [3.63, 3.8) is 0 Å². The van der Waals surface area contributed by atoms with Gasteiger partial charge in [-0.3, -0.25) is 4.79 Å². The lowest BCUT2D eigenvalue weighted by atomic mass is 10.0. The second-order valence-electron chi connectivity index (χ2n) is 5.98. The van der Waals surface area contributed by atoms with Crippen molar-refractivity contribution in [1.82, 2.24) is 4.98 Å². The number of carbonyl (C=O) groups excluding carboxylic acids is 1. The third kappa shape index (κ3) is 3.52. The molecule has 4 heteroatoms. The molecule has 3 nitrogen and oxygen atoms in total. The van der Waals surface area contributed by atoms with Crippen molar-refractivity contribution in [2.75, 3.05) is 7.11 Å². The molecule has 0 radical (unpaired) electrons. The van der Waals surface area contributed by atoms with E-state index in [9.17, 15) is 4.79 Å². The van der Waals surface area contributed by atoms with E-state index in [1.807, 2.05) is 84.9 Å². The van der Waals surface area contributed by atoms with Gasteiger partial charge in [-0.1, -0.05) is 60.7 Å². The van der Waals surface area contributed by atoms with Gasteiger partial charge >= 0.3 is 0 Å². The lowest BCUT2D eigenvalue weighted by Gasteiger charge is -2.07. The van der Waals surface area contributed by atoms with Gasteiger partial charge in [-0.25, -0.2) is 4.98 Å². The monoisotopic (exact) mass is 371 g/mol. The Hall–Kier alpha value is -3.24. The number of Topliss-reactive ketones (excluding diaryl/α,β-unsaturated/α-hetero) is 1. The van der Waals surface area contributed by atoms with Gasteiger partial charge in [-0.05, 0) is 24.3 Å². The van der Waals surface area contributed by atoms with Gasteiger partial charge in [0.1, 0.15) is 10.8 Å². The van der Waals surface area contributed by atoms with Gasteiger partial charge in [-0.15, -0.1) is 11.3 Å². The van der Waals surface area contributed by atoms with Gasteiger partial charge in [0.15, 0.2) is 5.78 Å². The smallest absolute Gasteiger partial charge is 0.196 e. The minimum atomic E-state index is -0.0550. The van der Waals surface area contributed by atoms with E-state index < -0.39 is 0 Å². The highest BCUT2D eigenvalue weighted by atomic mass is 32.1. The van der Waals surface area contributed by atoms with Crippen molar-refractivity contribution in [3.8, 4) is 5.75 Å². The number of aromatic nitrogens is 1. The normalized spacial score (nSPS) is 11.5. The van der Waals surface area contributed by atoms with Crippen LogP contribution in [0.5, 0.6) is 5.75 Å². The number of benzene rings is 3. The second kappa shape index (κ2) is 7.56. The van der Waals surface area contributed by atoms with Crippen molar-refractivity contribution in [2.24, 2.45) is 0 Å². The van der Waals surface area contributed by atoms with Crippen LogP contribution >= 0.6 is 11.3 Å². The molecule has 0 fully saturated rings. The predicted molar refractivity (Wildman–Crippen MR) is 111 cm³/mol. The highest BCUT2D eigenvalue weighted by molar-refractivity contribution is 7.20. The molecule has 0 spiro atoms. The second-order valence-corrected chi connectivity index (χ2v) is 7.01. The summed E-state index contributed by atoms with van der Waals surface area (Å²) in [6.07, 6.45) is 1.87. The molecule has 4 rings (SSSR count). The lowest BCUT2D eigenvalue weighted by Crippen LogP contribution is -2.02. The number of allylic oxidation sites excluding steroid dienone is 1. The third-order valence-corrected chi connectivity index (χ3v) is 5.31. The Labute approximate surface area is 161 Å². The molecule has 1 aromatic heterocycles. The van der Waals surface area contributed by atoms with Crippen LogP contribution < -0.4 is 4.74 Å². The summed E-state index contributed by atoms with van der Waals surface area (Å²) in [6.45, 7) is 0. The van der Waals surface area contributed by atoms with E-state index in [1.165, 1.54) is 11.3 Å². The van der Waals surface area contributed by atoms with Crippen LogP contribution in [0.15, 0.2) is 78.9 Å². The van der Waals surface area contributed by atoms with Crippen LogP contribution in [0.2, 0.25) is 0 Å². The summed E-state index contributed by atoms with van der Waals surface area (Å²) in [5, 5.41) is 0.705. The van der Waals surface area contributed by atoms with Gasteiger partial charge < -0.3 is 4.74 Å². The Balaban J connectivity index is 1.89. The first-order valence-corrected chi connectivity index (χ1v) is 9.38. The summed E-state index contributed by atoms with van der Waals surface area (Å²) in [7, 11) is 1.63. The molecule has 0 saturated heterocycles. The number of hydrogen-bond acceptors (Lipinski definition) is 4. The molecular formula is C23H17NO2S. The van der Waals surface area contributed by atoms with E-state index in [0.29, 0.717) is 16.1 Å². The van der Waals surface area contributed by atoms with Crippen LogP contribution in [0.1, 0.15) is 20.9 Å². The SMILES string of the molecule is COc1ccccc1C=C(C(=O)c1ccccc1)c1nc2ccccc2s1. The highest BCUT2D eigenvalue weighted by Crippen LogP contribution is 2.32. The largest absolute Gasteiger partial charge is 0.496 e. The van der Waals surface area contributed by atoms with E-state index in [-0.39, 0.29) is 5.78 Å². The van der Waals surface area contributed by atoms with Gasteiger partial charge in [0.05, 0.1) is 22.9 Å². The maximum Gasteiger partial charge on any atom is 0.196 e. The highest BCUT2D eigenvalue weighted by Gasteiger charge is 2.19. The zero-order chi connectivity index (χ0) is 18.6. The molecule has 132 valence electrons. The summed E-state index contributed by atoms with van der Waals surface area (Å²) < 4.78 is 6.51. The molecule has 27 heavy (non-hydrogen) atoms. The van der Waals surface area contributed by atoms with E-state index in [0.717, 1.165) is 21.5 Å². The minimum Gasteiger partial charge on any atom is -0.496 e. The standard InChI is InChI=1S/C23H17NO2S/c1-26-20-13-7-5-11-17(20)15-18(22(25)16-9-3-2-4-10-16)23-24-19-12-6-8-14-21(19)27-23/h2-15H,1H3. The maximum absolute atomic E-state index is 13.3. The molecule has 3 aromatic carbocycles. The van der Waals surface area contributed by atoms with Crippen molar-refractivity contribution in [2.45, 2.75) is 0 Å². The topological polar surface area (TPSA) is 39.2 Å². The number of ketones is 1. The molecular weight excluding hydrogens is 354 g/mol. The summed E-state index contributed by atoms with van der Waals surface area (Å²) in [4.78, 5) is 18.0. The maximum atomic E-state index is 13.3. The van der Waals surface area contributed by atoms with Crippen molar-refractivity contribution in [3.05, 3.63) is 95.0 Å². The number of nitrogens with zero attached hydrogens (tertiary/aromatic N) is 1. The fourth-order valence-corrected chi connectivity index (χ4v) is 3.88. The van der Waals surface area contributed by atoms with Crippen LogP contribution in [0.3, 0.4) is 0 Å². The number of carbonyl (C=O) groups is 1. The predicted octanol–water partition coefficient (Wildman–Crippen LogP) is 5.73. The van der Waals surface area contributed by atoms with Crippen LogP contribution in [0.25, 0.3) is 21.9 Å². The summed E-state index contributed by atoms with van der Waals surface area (Å²) in [5.41, 5.74) is 2.94. The Morgan fingerprint density at radius 2 is 1.63 bits per heavy atom. The van der Waals surface area contributed by atoms with Crippen LogP contribution in [-0.2, 0) is 0 Å². The van der Waals surface area contributed by atoms with E-state index in [4.69, 9.17) is 9.72 Å². The molecule has 1 heterocycles. The quantitative estimate of drug-likeness (QED) is 0.332. The number of ether oxygens (including phenoxy) is 1. The van der Waals surface area contributed by atoms with Gasteiger partial charge in [0.25, 0.3) is 0 Å². The third-order valence-electron chi connectivity index (χ3n) is 4.24. The lowest BCUT2D eigenvalue weighted by molar-refractivity contribution is 0.105. The fourth-order valence-electron chi connectivity index (χ4n) is 2.90. The number of methoxy groups -OCH3 is 1. The van der Waals surface area contributed by atoms with Gasteiger partial charge in [0, 0.05) is 11.1 Å². The molecule has 0 aliphatic heterocycles. The van der Waals surface area contributed by atoms with E-state index in [2.05, 4.69) is 0 Å². The van der Waals surface area contributed by atoms with Crippen LogP contribution in [0.4, 0.5) is 0 Å². The molecule has 0 amide bonds. The molecule has 0 bridgehead atoms. The van der Waals surface area contributed by atoms with Gasteiger partial charge in [-0.2, -0.15) is 0 Å². The van der Waals surface area contributed by atoms with Crippen molar-refractivity contribution in [1.29, 1.82) is 0 Å². The minimum absolute atomic E-state index is 0.0550. The average molecular weight is 371 g/mol.